The van der Waals surface area contributed by atoms with Crippen LogP contribution in [0.5, 0.6) is 0 Å². The molecule has 0 unspecified atom stereocenters. The Kier molecular flexibility index (Phi) is 7.39. The fourth-order valence-electron chi connectivity index (χ4n) is 1.74. The maximum absolute atomic E-state index is 12.7. The normalized spacial score (nSPS) is 10.2. The minimum Gasteiger partial charge on any atom is -0.352 e. The lowest BCUT2D eigenvalue weighted by molar-refractivity contribution is -0.129. The van der Waals surface area contributed by atoms with Crippen LogP contribution in [0.2, 0.25) is 0 Å². The molecule has 0 fully saturated rings. The number of benzene rings is 1. The van der Waals surface area contributed by atoms with Crippen molar-refractivity contribution in [2.75, 3.05) is 33.7 Å². The summed E-state index contributed by atoms with van der Waals surface area (Å²) in [7, 11) is 3.60. The second-order valence-corrected chi connectivity index (χ2v) is 4.79. The van der Waals surface area contributed by atoms with Crippen molar-refractivity contribution < 1.29 is 14.0 Å². The number of hydrogen-bond donors (Lipinski definition) is 2. The minimum absolute atomic E-state index is 0.0567. The molecule has 0 aliphatic heterocycles. The second-order valence-electron chi connectivity index (χ2n) is 4.79. The van der Waals surface area contributed by atoms with E-state index in [-0.39, 0.29) is 17.6 Å². The predicted octanol–water partition coefficient (Wildman–Crippen LogP) is 1.01. The Morgan fingerprint density at radius 2 is 1.86 bits per heavy atom. The van der Waals surface area contributed by atoms with Gasteiger partial charge >= 0.3 is 0 Å². The fraction of sp³-hybridized carbons (Fsp3) is 0.467. The number of halogens is 1. The monoisotopic (exact) mass is 295 g/mol. The summed E-state index contributed by atoms with van der Waals surface area (Å²) in [5.74, 6) is -0.575. The van der Waals surface area contributed by atoms with Crippen molar-refractivity contribution in [2.45, 2.75) is 12.8 Å². The molecule has 0 bridgehead atoms. The Balaban J connectivity index is 2.23. The topological polar surface area (TPSA) is 61.4 Å². The molecule has 1 rings (SSSR count). The molecule has 5 nitrogen and oxygen atoms in total. The molecule has 0 atom stereocenters. The van der Waals surface area contributed by atoms with Gasteiger partial charge in [-0.05, 0) is 37.7 Å². The molecule has 21 heavy (non-hydrogen) atoms. The molecule has 0 heterocycles. The van der Waals surface area contributed by atoms with Crippen LogP contribution in [-0.4, -0.2) is 50.4 Å². The number of carbonyl (C=O) groups excluding carboxylic acids is 2. The van der Waals surface area contributed by atoms with Crippen molar-refractivity contribution in [1.82, 2.24) is 15.5 Å². The Bertz CT molecular complexity index is 462. The summed E-state index contributed by atoms with van der Waals surface area (Å²) in [5.41, 5.74) is 0.411. The van der Waals surface area contributed by atoms with E-state index in [0.717, 1.165) is 6.54 Å². The van der Waals surface area contributed by atoms with Gasteiger partial charge in [0, 0.05) is 38.7 Å². The van der Waals surface area contributed by atoms with E-state index in [1.165, 1.54) is 24.3 Å². The van der Waals surface area contributed by atoms with E-state index >= 15 is 0 Å². The van der Waals surface area contributed by atoms with E-state index < -0.39 is 0 Å². The molecule has 1 aromatic carbocycles. The second kappa shape index (κ2) is 9.07. The lowest BCUT2D eigenvalue weighted by atomic mass is 10.2. The van der Waals surface area contributed by atoms with Gasteiger partial charge < -0.3 is 15.5 Å². The van der Waals surface area contributed by atoms with Crippen molar-refractivity contribution in [2.24, 2.45) is 0 Å². The molecular weight excluding hydrogens is 273 g/mol. The molecule has 0 aromatic heterocycles. The lowest BCUT2D eigenvalue weighted by Crippen LogP contribution is -2.33. The van der Waals surface area contributed by atoms with Gasteiger partial charge in [0.15, 0.2) is 0 Å². The summed E-state index contributed by atoms with van der Waals surface area (Å²) < 4.78 is 12.7. The Hall–Kier alpha value is -1.95. The number of nitrogens with one attached hydrogen (secondary N) is 2. The summed E-state index contributed by atoms with van der Waals surface area (Å²) in [4.78, 5) is 25.1. The highest BCUT2D eigenvalue weighted by Gasteiger charge is 2.08. The number of hydrogen-bond acceptors (Lipinski definition) is 3. The average Bonchev–Trinajstić information content (AvgIpc) is 2.49. The third-order valence-electron chi connectivity index (χ3n) is 3.08. The van der Waals surface area contributed by atoms with Gasteiger partial charge in [0.2, 0.25) is 5.91 Å². The quantitative estimate of drug-likeness (QED) is 0.704. The summed E-state index contributed by atoms with van der Waals surface area (Å²) in [5, 5.41) is 5.69. The number of nitrogens with zero attached hydrogens (tertiary/aromatic N) is 1. The standard InChI is InChI=1S/C15H22FN3O2/c1-17-10-11-19(2)14(20)4-3-9-18-15(21)12-5-7-13(16)8-6-12/h5-8,17H,3-4,9-11H2,1-2H3,(H,18,21). The number of amides is 2. The van der Waals surface area contributed by atoms with Crippen molar-refractivity contribution >= 4 is 11.8 Å². The summed E-state index contributed by atoms with van der Waals surface area (Å²) >= 11 is 0. The van der Waals surface area contributed by atoms with Crippen LogP contribution in [0, 0.1) is 5.82 Å². The number of rotatable bonds is 8. The van der Waals surface area contributed by atoms with Gasteiger partial charge in [-0.1, -0.05) is 0 Å². The largest absolute Gasteiger partial charge is 0.352 e. The van der Waals surface area contributed by atoms with Crippen molar-refractivity contribution in [3.63, 3.8) is 0 Å². The first-order valence-electron chi connectivity index (χ1n) is 6.97. The maximum Gasteiger partial charge on any atom is 0.251 e. The molecule has 2 amide bonds. The van der Waals surface area contributed by atoms with Crippen molar-refractivity contribution in [3.05, 3.63) is 35.6 Å². The SMILES string of the molecule is CNCCN(C)C(=O)CCCNC(=O)c1ccc(F)cc1. The Morgan fingerprint density at radius 1 is 1.19 bits per heavy atom. The molecule has 0 spiro atoms. The van der Waals surface area contributed by atoms with E-state index in [4.69, 9.17) is 0 Å². The summed E-state index contributed by atoms with van der Waals surface area (Å²) in [6.45, 7) is 1.84. The first-order chi connectivity index (χ1) is 10.0. The third kappa shape index (κ3) is 6.35. The zero-order chi connectivity index (χ0) is 15.7. The van der Waals surface area contributed by atoms with Crippen LogP contribution in [0.1, 0.15) is 23.2 Å². The number of carbonyl (C=O) groups is 2. The van der Waals surface area contributed by atoms with E-state index in [1.807, 2.05) is 7.05 Å². The van der Waals surface area contributed by atoms with Gasteiger partial charge in [-0.2, -0.15) is 0 Å². The molecule has 1 aromatic rings. The zero-order valence-corrected chi connectivity index (χ0v) is 12.5. The first-order valence-corrected chi connectivity index (χ1v) is 6.97. The van der Waals surface area contributed by atoms with E-state index in [0.29, 0.717) is 31.5 Å². The minimum atomic E-state index is -0.373. The van der Waals surface area contributed by atoms with Gasteiger partial charge in [0.25, 0.3) is 5.91 Å². The van der Waals surface area contributed by atoms with Crippen LogP contribution in [0.15, 0.2) is 24.3 Å². The predicted molar refractivity (Wildman–Crippen MR) is 79.5 cm³/mol. The van der Waals surface area contributed by atoms with E-state index in [2.05, 4.69) is 10.6 Å². The van der Waals surface area contributed by atoms with Crippen molar-refractivity contribution in [1.29, 1.82) is 0 Å². The molecule has 116 valence electrons. The van der Waals surface area contributed by atoms with Crippen LogP contribution < -0.4 is 10.6 Å². The van der Waals surface area contributed by atoms with Gasteiger partial charge in [-0.15, -0.1) is 0 Å². The molecule has 0 aliphatic rings. The van der Waals surface area contributed by atoms with E-state index in [1.54, 1.807) is 11.9 Å². The van der Waals surface area contributed by atoms with Crippen molar-refractivity contribution in [3.8, 4) is 0 Å². The lowest BCUT2D eigenvalue weighted by Gasteiger charge is -2.16. The first kappa shape index (κ1) is 17.1. The highest BCUT2D eigenvalue weighted by Crippen LogP contribution is 2.02. The Morgan fingerprint density at radius 3 is 2.48 bits per heavy atom. The molecule has 6 heteroatoms. The van der Waals surface area contributed by atoms with Crippen LogP contribution in [0.3, 0.4) is 0 Å². The molecule has 0 aliphatic carbocycles. The number of likely N-dealkylation sites (N-methyl/N-ethyl adjacent to an activating group) is 2. The van der Waals surface area contributed by atoms with Crippen LogP contribution in [0.25, 0.3) is 0 Å². The fourth-order valence-corrected chi connectivity index (χ4v) is 1.74. The van der Waals surface area contributed by atoms with Gasteiger partial charge in [0.05, 0.1) is 0 Å². The van der Waals surface area contributed by atoms with Gasteiger partial charge in [-0.25, -0.2) is 4.39 Å². The molecule has 0 saturated heterocycles. The third-order valence-corrected chi connectivity index (χ3v) is 3.08. The maximum atomic E-state index is 12.7. The van der Waals surface area contributed by atoms with Gasteiger partial charge in [0.1, 0.15) is 5.82 Å². The summed E-state index contributed by atoms with van der Waals surface area (Å²) in [6, 6.07) is 5.35. The van der Waals surface area contributed by atoms with Crippen LogP contribution >= 0.6 is 0 Å². The zero-order valence-electron chi connectivity index (χ0n) is 12.5. The molecule has 0 saturated carbocycles. The van der Waals surface area contributed by atoms with Crippen LogP contribution in [-0.2, 0) is 4.79 Å². The average molecular weight is 295 g/mol. The van der Waals surface area contributed by atoms with Gasteiger partial charge in [-0.3, -0.25) is 9.59 Å². The Labute approximate surface area is 124 Å². The van der Waals surface area contributed by atoms with Crippen LogP contribution in [0.4, 0.5) is 4.39 Å². The molecular formula is C15H22FN3O2. The molecule has 0 radical (unpaired) electrons. The molecule has 2 N–H and O–H groups in total. The highest BCUT2D eigenvalue weighted by molar-refractivity contribution is 5.94. The van der Waals surface area contributed by atoms with E-state index in [9.17, 15) is 14.0 Å². The highest BCUT2D eigenvalue weighted by atomic mass is 19.1. The smallest absolute Gasteiger partial charge is 0.251 e. The summed E-state index contributed by atoms with van der Waals surface area (Å²) in [6.07, 6.45) is 0.972.